The van der Waals surface area contributed by atoms with Crippen molar-refractivity contribution in [3.8, 4) is 0 Å². The third-order valence-electron chi connectivity index (χ3n) is 10.3. The lowest BCUT2D eigenvalue weighted by Crippen LogP contribution is -2.53. The van der Waals surface area contributed by atoms with Crippen molar-refractivity contribution in [2.45, 2.75) is 114 Å². The van der Waals surface area contributed by atoms with Gasteiger partial charge in [0.05, 0.1) is 12.1 Å². The van der Waals surface area contributed by atoms with Gasteiger partial charge in [-0.2, -0.15) is 0 Å². The molecular weight excluding hydrogens is 725 g/mol. The first kappa shape index (κ1) is 45.4. The molecule has 0 saturated carbocycles. The summed E-state index contributed by atoms with van der Waals surface area (Å²) in [6.07, 6.45) is 12.3. The highest BCUT2D eigenvalue weighted by Crippen LogP contribution is 2.12. The average molecular weight is 789 g/mol. The second-order valence-electron chi connectivity index (χ2n) is 15.2. The predicted molar refractivity (Wildman–Crippen MR) is 233 cm³/mol. The van der Waals surface area contributed by atoms with Crippen molar-refractivity contribution in [1.82, 2.24) is 21.3 Å². The number of nitrogens with one attached hydrogen (secondary N) is 4. The molecule has 0 spiro atoms. The molecule has 58 heavy (non-hydrogen) atoms. The van der Waals surface area contributed by atoms with Crippen LogP contribution in [0.3, 0.4) is 0 Å². The minimum absolute atomic E-state index is 0.193. The van der Waals surface area contributed by atoms with Crippen LogP contribution in [0.4, 0.5) is 0 Å². The second-order valence-corrected chi connectivity index (χ2v) is 15.2. The van der Waals surface area contributed by atoms with Gasteiger partial charge in [0.25, 0.3) is 0 Å². The summed E-state index contributed by atoms with van der Waals surface area (Å²) in [5.41, 5.74) is 16.3. The molecule has 4 aromatic carbocycles. The topological polar surface area (TPSA) is 168 Å². The van der Waals surface area contributed by atoms with Crippen LogP contribution in [-0.4, -0.2) is 60.9 Å². The molecule has 8 N–H and O–H groups in total. The summed E-state index contributed by atoms with van der Waals surface area (Å²) in [6, 6.07) is 35.7. The molecule has 10 heteroatoms. The van der Waals surface area contributed by atoms with E-state index in [2.05, 4.69) is 21.3 Å². The molecule has 0 heterocycles. The Balaban J connectivity index is 1.05. The number of benzene rings is 4. The van der Waals surface area contributed by atoms with Crippen molar-refractivity contribution in [2.24, 2.45) is 11.5 Å². The normalized spacial score (nSPS) is 13.1. The summed E-state index contributed by atoms with van der Waals surface area (Å²) in [5.74, 6) is -1.06. The number of amides is 4. The van der Waals surface area contributed by atoms with Crippen molar-refractivity contribution in [3.05, 3.63) is 144 Å². The van der Waals surface area contributed by atoms with Gasteiger partial charge < -0.3 is 32.7 Å². The number of carbonyl (C=O) groups is 4. The van der Waals surface area contributed by atoms with Crippen molar-refractivity contribution in [1.29, 1.82) is 0 Å². The molecule has 4 rings (SSSR count). The van der Waals surface area contributed by atoms with Gasteiger partial charge in [0.15, 0.2) is 0 Å². The summed E-state index contributed by atoms with van der Waals surface area (Å²) in [6.45, 7) is 1.13. The minimum Gasteiger partial charge on any atom is -0.354 e. The average Bonchev–Trinajstić information content (AvgIpc) is 3.24. The first-order valence-electron chi connectivity index (χ1n) is 21.1. The maximum absolute atomic E-state index is 13.2. The molecule has 0 bridgehead atoms. The smallest absolute Gasteiger partial charge is 0.242 e. The van der Waals surface area contributed by atoms with Crippen LogP contribution in [0.1, 0.15) is 86.5 Å². The lowest BCUT2D eigenvalue weighted by atomic mass is 10.0. The van der Waals surface area contributed by atoms with Crippen molar-refractivity contribution in [2.75, 3.05) is 13.1 Å². The molecule has 10 nitrogen and oxygen atoms in total. The summed E-state index contributed by atoms with van der Waals surface area (Å²) in [7, 11) is 0. The van der Waals surface area contributed by atoms with E-state index in [9.17, 15) is 19.2 Å². The van der Waals surface area contributed by atoms with Gasteiger partial charge in [-0.3, -0.25) is 19.2 Å². The van der Waals surface area contributed by atoms with Gasteiger partial charge in [-0.25, -0.2) is 0 Å². The molecule has 0 radical (unpaired) electrons. The van der Waals surface area contributed by atoms with E-state index in [0.29, 0.717) is 38.8 Å². The van der Waals surface area contributed by atoms with E-state index < -0.39 is 24.2 Å². The minimum atomic E-state index is -0.747. The summed E-state index contributed by atoms with van der Waals surface area (Å²) in [4.78, 5) is 52.4. The van der Waals surface area contributed by atoms with Crippen LogP contribution >= 0.6 is 0 Å². The van der Waals surface area contributed by atoms with Crippen LogP contribution in [0.2, 0.25) is 0 Å². The fourth-order valence-corrected chi connectivity index (χ4v) is 6.93. The summed E-state index contributed by atoms with van der Waals surface area (Å²) >= 11 is 0. The van der Waals surface area contributed by atoms with E-state index in [1.165, 1.54) is 12.8 Å². The highest BCUT2D eigenvalue weighted by molar-refractivity contribution is 5.90. The standard InChI is InChI=1S/C48H64N6O4/c49-41(33-37-23-13-9-14-24-37)45(55)53-43(35-39-27-17-11-18-28-39)47(57)51-31-21-7-5-3-1-2-4-6-8-22-32-52-48(58)44(36-40-29-19-12-20-30-40)54-46(56)42(50)34-38-25-15-10-16-26-38/h9-20,23-30,41-44H,1-8,21-22,31-36,49-50H2,(H,51,57)(H,52,58)(H,53,55)(H,54,56)/t41-,42-,43+,44+/m0/s1. The third kappa shape index (κ3) is 17.9. The van der Waals surface area contributed by atoms with Crippen LogP contribution in [0.15, 0.2) is 121 Å². The molecule has 4 atom stereocenters. The first-order chi connectivity index (χ1) is 28.3. The van der Waals surface area contributed by atoms with Gasteiger partial charge in [0.2, 0.25) is 23.6 Å². The van der Waals surface area contributed by atoms with Crippen LogP contribution in [0.5, 0.6) is 0 Å². The van der Waals surface area contributed by atoms with Crippen LogP contribution in [0.25, 0.3) is 0 Å². The molecule has 0 aliphatic carbocycles. The molecule has 0 saturated heterocycles. The zero-order valence-electron chi connectivity index (χ0n) is 34.0. The van der Waals surface area contributed by atoms with Crippen molar-refractivity contribution < 1.29 is 19.2 Å². The number of carbonyl (C=O) groups excluding carboxylic acids is 4. The van der Waals surface area contributed by atoms with E-state index in [1.54, 1.807) is 0 Å². The Kier molecular flexibility index (Phi) is 20.8. The molecule has 0 aromatic heterocycles. The zero-order valence-corrected chi connectivity index (χ0v) is 34.0. The van der Waals surface area contributed by atoms with E-state index >= 15 is 0 Å². The molecule has 0 aliphatic heterocycles. The highest BCUT2D eigenvalue weighted by atomic mass is 16.2. The van der Waals surface area contributed by atoms with Gasteiger partial charge in [0.1, 0.15) is 12.1 Å². The summed E-state index contributed by atoms with van der Waals surface area (Å²) in [5, 5.41) is 11.9. The van der Waals surface area contributed by atoms with E-state index in [1.807, 2.05) is 121 Å². The van der Waals surface area contributed by atoms with E-state index in [0.717, 1.165) is 73.6 Å². The van der Waals surface area contributed by atoms with Crippen LogP contribution < -0.4 is 32.7 Å². The molecule has 0 fully saturated rings. The number of rotatable bonds is 27. The predicted octanol–water partition coefficient (Wildman–Crippen LogP) is 5.71. The first-order valence-corrected chi connectivity index (χ1v) is 21.1. The fourth-order valence-electron chi connectivity index (χ4n) is 6.93. The molecule has 310 valence electrons. The Morgan fingerprint density at radius 1 is 0.362 bits per heavy atom. The van der Waals surface area contributed by atoms with Gasteiger partial charge in [-0.1, -0.05) is 173 Å². The van der Waals surface area contributed by atoms with Gasteiger partial charge >= 0.3 is 0 Å². The molecule has 0 unspecified atom stereocenters. The van der Waals surface area contributed by atoms with Crippen molar-refractivity contribution >= 4 is 23.6 Å². The Labute approximate surface area is 345 Å². The zero-order chi connectivity index (χ0) is 41.2. The monoisotopic (exact) mass is 788 g/mol. The lowest BCUT2D eigenvalue weighted by Gasteiger charge is -2.21. The maximum atomic E-state index is 13.2. The maximum Gasteiger partial charge on any atom is 0.242 e. The number of nitrogens with two attached hydrogens (primary N) is 2. The molecule has 0 aliphatic rings. The Morgan fingerprint density at radius 2 is 0.621 bits per heavy atom. The number of unbranched alkanes of at least 4 members (excludes halogenated alkanes) is 9. The highest BCUT2D eigenvalue weighted by Gasteiger charge is 2.25. The Morgan fingerprint density at radius 3 is 0.914 bits per heavy atom. The number of hydrogen-bond donors (Lipinski definition) is 6. The van der Waals surface area contributed by atoms with Crippen LogP contribution in [0, 0.1) is 0 Å². The Bertz CT molecular complexity index is 1630. The Hall–Kier alpha value is -5.32. The molecule has 4 aromatic rings. The van der Waals surface area contributed by atoms with Crippen molar-refractivity contribution in [3.63, 3.8) is 0 Å². The van der Waals surface area contributed by atoms with Crippen LogP contribution in [-0.2, 0) is 44.9 Å². The molecular formula is C48H64N6O4. The second kappa shape index (κ2) is 26.6. The van der Waals surface area contributed by atoms with Gasteiger partial charge in [0, 0.05) is 25.9 Å². The fraction of sp³-hybridized carbons (Fsp3) is 0.417. The SMILES string of the molecule is N[C@@H](Cc1ccccc1)C(=O)N[C@H](Cc1ccccc1)C(=O)NCCCCCCCCCCCCNC(=O)[C@@H](Cc1ccccc1)NC(=O)[C@@H](N)Cc1ccccc1. The quantitative estimate of drug-likeness (QED) is 0.0423. The molecule has 4 amide bonds. The summed E-state index contributed by atoms with van der Waals surface area (Å²) < 4.78 is 0. The van der Waals surface area contributed by atoms with Gasteiger partial charge in [-0.15, -0.1) is 0 Å². The van der Waals surface area contributed by atoms with E-state index in [4.69, 9.17) is 11.5 Å². The number of hydrogen-bond acceptors (Lipinski definition) is 6. The largest absolute Gasteiger partial charge is 0.354 e. The lowest BCUT2D eigenvalue weighted by molar-refractivity contribution is -0.129. The third-order valence-corrected chi connectivity index (χ3v) is 10.3. The van der Waals surface area contributed by atoms with E-state index in [-0.39, 0.29) is 23.6 Å². The van der Waals surface area contributed by atoms with Gasteiger partial charge in [-0.05, 0) is 47.9 Å².